The molecule has 0 N–H and O–H groups in total. The zero-order valence-corrected chi connectivity index (χ0v) is 20.1. The fourth-order valence-electron chi connectivity index (χ4n) is 4.68. The van der Waals surface area contributed by atoms with Crippen molar-refractivity contribution in [1.82, 2.24) is 10.1 Å². The topological polar surface area (TPSA) is 92.2 Å². The number of rotatable bonds is 8. The van der Waals surface area contributed by atoms with Gasteiger partial charge in [0.05, 0.1) is 18.2 Å². The Labute approximate surface area is 209 Å². The maximum atomic E-state index is 11.7. The summed E-state index contributed by atoms with van der Waals surface area (Å²) in [5, 5.41) is 14.0. The van der Waals surface area contributed by atoms with Gasteiger partial charge in [-0.25, -0.2) is 0 Å². The number of aromatic nitrogens is 2. The van der Waals surface area contributed by atoms with Gasteiger partial charge in [0.2, 0.25) is 5.82 Å². The van der Waals surface area contributed by atoms with E-state index in [-0.39, 0.29) is 5.97 Å². The second-order valence-electron chi connectivity index (χ2n) is 8.61. The summed E-state index contributed by atoms with van der Waals surface area (Å²) >= 11 is 0. The highest BCUT2D eigenvalue weighted by Gasteiger charge is 2.24. The molecule has 4 aromatic rings. The molecule has 0 unspecified atom stereocenters. The Morgan fingerprint density at radius 3 is 2.75 bits per heavy atom. The van der Waals surface area contributed by atoms with Gasteiger partial charge in [0.15, 0.2) is 0 Å². The van der Waals surface area contributed by atoms with E-state index in [1.165, 1.54) is 5.56 Å². The van der Waals surface area contributed by atoms with E-state index < -0.39 is 0 Å². The molecule has 36 heavy (non-hydrogen) atoms. The second kappa shape index (κ2) is 10.4. The Hall–Kier alpha value is -4.44. The lowest BCUT2D eigenvalue weighted by Gasteiger charge is -2.19. The van der Waals surface area contributed by atoms with E-state index in [0.717, 1.165) is 48.3 Å². The highest BCUT2D eigenvalue weighted by molar-refractivity contribution is 5.76. The lowest BCUT2D eigenvalue weighted by atomic mass is 9.98. The minimum atomic E-state index is -0.152. The van der Waals surface area contributed by atoms with Crippen molar-refractivity contribution in [3.8, 4) is 40.0 Å². The second-order valence-corrected chi connectivity index (χ2v) is 8.61. The molecule has 7 nitrogen and oxygen atoms in total. The van der Waals surface area contributed by atoms with Crippen LogP contribution in [0.5, 0.6) is 0 Å². The van der Waals surface area contributed by atoms with Gasteiger partial charge in [0.1, 0.15) is 0 Å². The third-order valence-electron chi connectivity index (χ3n) is 6.38. The monoisotopic (exact) mass is 478 g/mol. The molecule has 0 bridgehead atoms. The Bertz CT molecular complexity index is 1420. The Balaban J connectivity index is 1.36. The summed E-state index contributed by atoms with van der Waals surface area (Å²) in [4.78, 5) is 18.6. The number of nitriles is 1. The third-order valence-corrected chi connectivity index (χ3v) is 6.38. The van der Waals surface area contributed by atoms with Crippen LogP contribution in [0.1, 0.15) is 30.9 Å². The van der Waals surface area contributed by atoms with Crippen molar-refractivity contribution in [1.29, 1.82) is 5.26 Å². The number of carbonyl (C=O) groups excluding carboxylic acids is 1. The molecule has 7 heteroatoms. The van der Waals surface area contributed by atoms with Crippen molar-refractivity contribution in [3.63, 3.8) is 0 Å². The van der Waals surface area contributed by atoms with Crippen LogP contribution in [0, 0.1) is 11.3 Å². The summed E-state index contributed by atoms with van der Waals surface area (Å²) in [6.45, 7) is 3.90. The first-order valence-electron chi connectivity index (χ1n) is 12.1. The number of anilines is 1. The maximum Gasteiger partial charge on any atom is 0.305 e. The fraction of sp³-hybridized carbons (Fsp3) is 0.241. The predicted octanol–water partition coefficient (Wildman–Crippen LogP) is 5.65. The van der Waals surface area contributed by atoms with Gasteiger partial charge in [-0.2, -0.15) is 10.2 Å². The molecular formula is C29H26N4O3. The first kappa shape index (κ1) is 23.3. The molecule has 0 saturated carbocycles. The summed E-state index contributed by atoms with van der Waals surface area (Å²) in [6, 6.07) is 23.8. The van der Waals surface area contributed by atoms with Crippen LogP contribution < -0.4 is 4.90 Å². The molecular weight excluding hydrogens is 452 g/mol. The Morgan fingerprint density at radius 1 is 1.08 bits per heavy atom. The van der Waals surface area contributed by atoms with Crippen molar-refractivity contribution in [3.05, 3.63) is 77.9 Å². The average molecular weight is 479 g/mol. The quantitative estimate of drug-likeness (QED) is 0.302. The molecule has 0 atom stereocenters. The molecule has 0 amide bonds. The number of esters is 1. The molecule has 1 aliphatic heterocycles. The van der Waals surface area contributed by atoms with Gasteiger partial charge in [-0.1, -0.05) is 53.7 Å². The SMILES string of the molecule is CCOC(=O)CCCN1CCc2c(-c3noc(-c4ccc(-c5ccccc5)c(C#N)c4)n3)cccc21. The molecule has 0 radical (unpaired) electrons. The number of nitrogens with zero attached hydrogens (tertiary/aromatic N) is 4. The van der Waals surface area contributed by atoms with E-state index in [1.54, 1.807) is 6.07 Å². The van der Waals surface area contributed by atoms with Crippen molar-refractivity contribution in [2.24, 2.45) is 0 Å². The van der Waals surface area contributed by atoms with Crippen LogP contribution in [0.3, 0.4) is 0 Å². The van der Waals surface area contributed by atoms with Crippen LogP contribution in [-0.4, -0.2) is 35.8 Å². The van der Waals surface area contributed by atoms with Crippen molar-refractivity contribution >= 4 is 11.7 Å². The highest BCUT2D eigenvalue weighted by atomic mass is 16.5. The minimum absolute atomic E-state index is 0.152. The molecule has 0 aliphatic carbocycles. The number of hydrogen-bond donors (Lipinski definition) is 0. The fourth-order valence-corrected chi connectivity index (χ4v) is 4.68. The normalized spacial score (nSPS) is 12.3. The molecule has 180 valence electrons. The third kappa shape index (κ3) is 4.71. The summed E-state index contributed by atoms with van der Waals surface area (Å²) in [5.74, 6) is 0.755. The van der Waals surface area contributed by atoms with Gasteiger partial charge in [-0.05, 0) is 54.7 Å². The maximum absolute atomic E-state index is 11.7. The zero-order valence-electron chi connectivity index (χ0n) is 20.1. The zero-order chi connectivity index (χ0) is 24.9. The number of fused-ring (bicyclic) bond motifs is 1. The summed E-state index contributed by atoms with van der Waals surface area (Å²) < 4.78 is 10.6. The van der Waals surface area contributed by atoms with Crippen LogP contribution in [0.2, 0.25) is 0 Å². The van der Waals surface area contributed by atoms with E-state index in [9.17, 15) is 10.1 Å². The largest absolute Gasteiger partial charge is 0.466 e. The van der Waals surface area contributed by atoms with E-state index >= 15 is 0 Å². The Morgan fingerprint density at radius 2 is 1.94 bits per heavy atom. The van der Waals surface area contributed by atoms with Gasteiger partial charge >= 0.3 is 5.97 Å². The lowest BCUT2D eigenvalue weighted by Crippen LogP contribution is -2.22. The van der Waals surface area contributed by atoms with Crippen LogP contribution in [0.25, 0.3) is 34.0 Å². The predicted molar refractivity (Wildman–Crippen MR) is 137 cm³/mol. The summed E-state index contributed by atoms with van der Waals surface area (Å²) in [5.41, 5.74) is 6.37. The number of ether oxygens (including phenoxy) is 1. The van der Waals surface area contributed by atoms with E-state index in [2.05, 4.69) is 27.2 Å². The van der Waals surface area contributed by atoms with Gasteiger partial charge in [-0.15, -0.1) is 0 Å². The van der Waals surface area contributed by atoms with E-state index in [0.29, 0.717) is 35.9 Å². The standard InChI is InChI=1S/C29H26N4O3/c1-2-35-27(34)12-7-16-33-17-15-24-25(10-6-11-26(24)33)28-31-29(36-32-28)21-13-14-23(22(18-21)19-30)20-8-4-3-5-9-20/h3-6,8-11,13-14,18H,2,7,12,15-17H2,1H3. The molecule has 3 aromatic carbocycles. The van der Waals surface area contributed by atoms with E-state index in [4.69, 9.17) is 9.26 Å². The highest BCUT2D eigenvalue weighted by Crippen LogP contribution is 2.36. The smallest absolute Gasteiger partial charge is 0.305 e. The van der Waals surface area contributed by atoms with Crippen LogP contribution in [0.4, 0.5) is 5.69 Å². The Kier molecular flexibility index (Phi) is 6.76. The average Bonchev–Trinajstić information content (AvgIpc) is 3.57. The molecule has 2 heterocycles. The van der Waals surface area contributed by atoms with Crippen molar-refractivity contribution < 1.29 is 14.1 Å². The van der Waals surface area contributed by atoms with Crippen molar-refractivity contribution in [2.45, 2.75) is 26.2 Å². The van der Waals surface area contributed by atoms with E-state index in [1.807, 2.05) is 61.5 Å². The summed E-state index contributed by atoms with van der Waals surface area (Å²) in [6.07, 6.45) is 2.04. The number of hydrogen-bond acceptors (Lipinski definition) is 7. The minimum Gasteiger partial charge on any atom is -0.466 e. The molecule has 1 aromatic heterocycles. The first-order chi connectivity index (χ1) is 17.7. The molecule has 1 aliphatic rings. The van der Waals surface area contributed by atoms with Crippen molar-refractivity contribution in [2.75, 3.05) is 24.6 Å². The number of benzene rings is 3. The van der Waals surface area contributed by atoms with Gasteiger partial charge in [0.25, 0.3) is 5.89 Å². The van der Waals surface area contributed by atoms with Gasteiger partial charge in [-0.3, -0.25) is 4.79 Å². The van der Waals surface area contributed by atoms with Gasteiger partial charge < -0.3 is 14.2 Å². The van der Waals surface area contributed by atoms with Crippen LogP contribution in [0.15, 0.2) is 71.3 Å². The molecule has 0 saturated heterocycles. The number of carbonyl (C=O) groups is 1. The van der Waals surface area contributed by atoms with Crippen LogP contribution >= 0.6 is 0 Å². The first-order valence-corrected chi connectivity index (χ1v) is 12.1. The van der Waals surface area contributed by atoms with Crippen LogP contribution in [-0.2, 0) is 16.0 Å². The lowest BCUT2D eigenvalue weighted by molar-refractivity contribution is -0.143. The molecule has 0 fully saturated rings. The van der Waals surface area contributed by atoms with Gasteiger partial charge in [0, 0.05) is 36.3 Å². The molecule has 0 spiro atoms. The summed E-state index contributed by atoms with van der Waals surface area (Å²) in [7, 11) is 0. The molecule has 5 rings (SSSR count).